The van der Waals surface area contributed by atoms with Crippen molar-refractivity contribution in [2.75, 3.05) is 42.3 Å². The van der Waals surface area contributed by atoms with E-state index in [4.69, 9.17) is 11.6 Å². The molecule has 2 N–H and O–H groups in total. The summed E-state index contributed by atoms with van der Waals surface area (Å²) in [4.78, 5) is 59.5. The minimum Gasteiger partial charge on any atom is -0.504 e. The van der Waals surface area contributed by atoms with Crippen molar-refractivity contribution in [1.82, 2.24) is 24.4 Å². The molecule has 2 amide bonds. The Hall–Kier alpha value is -4.92. The summed E-state index contributed by atoms with van der Waals surface area (Å²) >= 11 is 6.12. The van der Waals surface area contributed by atoms with E-state index in [0.29, 0.717) is 48.6 Å². The molecule has 0 bridgehead atoms. The van der Waals surface area contributed by atoms with Gasteiger partial charge in [0.15, 0.2) is 11.4 Å². The van der Waals surface area contributed by atoms with Crippen molar-refractivity contribution in [2.45, 2.75) is 57.9 Å². The maximum absolute atomic E-state index is 14.4. The molecule has 4 aromatic rings. The van der Waals surface area contributed by atoms with Crippen LogP contribution in [0.5, 0.6) is 5.75 Å². The average Bonchev–Trinajstić information content (AvgIpc) is 3.03. The number of hydrogen-bond donors (Lipinski definition) is 2. The Bertz CT molecular complexity index is 2040. The van der Waals surface area contributed by atoms with Gasteiger partial charge in [-0.25, -0.2) is 15.0 Å². The van der Waals surface area contributed by atoms with E-state index < -0.39 is 23.6 Å². The molecule has 3 aromatic heterocycles. The van der Waals surface area contributed by atoms with Gasteiger partial charge in [0.1, 0.15) is 24.2 Å². The molecule has 0 unspecified atom stereocenters. The molecule has 0 radical (unpaired) electrons. The summed E-state index contributed by atoms with van der Waals surface area (Å²) in [6.45, 7) is 3.70. The van der Waals surface area contributed by atoms with Gasteiger partial charge in [-0.05, 0) is 50.5 Å². The molecule has 1 aliphatic carbocycles. The third kappa shape index (κ3) is 6.11. The van der Waals surface area contributed by atoms with Crippen LogP contribution >= 0.6 is 11.6 Å². The number of rotatable bonds is 7. The van der Waals surface area contributed by atoms with Gasteiger partial charge in [-0.15, -0.1) is 0 Å². The Balaban J connectivity index is 1.38. The highest BCUT2D eigenvalue weighted by Crippen LogP contribution is 2.39. The molecule has 4 heterocycles. The van der Waals surface area contributed by atoms with Crippen molar-refractivity contribution in [3.63, 3.8) is 0 Å². The Labute approximate surface area is 284 Å². The number of aromatic nitrogens is 4. The lowest BCUT2D eigenvalue weighted by Gasteiger charge is -2.54. The molecule has 2 fully saturated rings. The van der Waals surface area contributed by atoms with Crippen molar-refractivity contribution >= 4 is 51.5 Å². The Morgan fingerprint density at radius 2 is 1.84 bits per heavy atom. The first-order chi connectivity index (χ1) is 23.2. The van der Waals surface area contributed by atoms with Crippen LogP contribution in [0.15, 0.2) is 41.6 Å². The Morgan fingerprint density at radius 3 is 2.47 bits per heavy atom. The SMILES string of the molecule is CCc1c(N2CCN(C(=O)c3ncnc(C)c3O)[C@H]3CC[C@@H]32)c(=O)c2cc(N(C)C)cnc2n1CC(=O)Nc1ccc(C(F)(F)F)cc1Cl. The smallest absolute Gasteiger partial charge is 0.416 e. The van der Waals surface area contributed by atoms with E-state index in [9.17, 15) is 32.7 Å². The maximum atomic E-state index is 14.4. The van der Waals surface area contributed by atoms with Crippen molar-refractivity contribution in [2.24, 2.45) is 0 Å². The number of carbonyl (C=O) groups is 2. The van der Waals surface area contributed by atoms with Crippen LogP contribution < -0.4 is 20.5 Å². The number of halogens is 4. The Kier molecular flexibility index (Phi) is 8.90. The molecule has 0 spiro atoms. The van der Waals surface area contributed by atoms with E-state index >= 15 is 0 Å². The number of nitrogens with zero attached hydrogens (tertiary/aromatic N) is 7. The maximum Gasteiger partial charge on any atom is 0.416 e. The molecule has 12 nitrogen and oxygen atoms in total. The van der Waals surface area contributed by atoms with Crippen LogP contribution in [0.1, 0.15) is 47.2 Å². The van der Waals surface area contributed by atoms with E-state index in [0.717, 1.165) is 18.2 Å². The van der Waals surface area contributed by atoms with E-state index in [1.54, 1.807) is 33.6 Å². The predicted molar refractivity (Wildman–Crippen MR) is 178 cm³/mol. The van der Waals surface area contributed by atoms with Gasteiger partial charge >= 0.3 is 6.18 Å². The third-order valence-electron chi connectivity index (χ3n) is 9.23. The second kappa shape index (κ2) is 12.8. The topological polar surface area (TPSA) is 137 Å². The third-order valence-corrected chi connectivity index (χ3v) is 9.54. The molecule has 49 heavy (non-hydrogen) atoms. The van der Waals surface area contributed by atoms with Crippen LogP contribution in [-0.4, -0.2) is 80.6 Å². The van der Waals surface area contributed by atoms with E-state index in [-0.39, 0.29) is 63.8 Å². The zero-order valence-corrected chi connectivity index (χ0v) is 27.9. The summed E-state index contributed by atoms with van der Waals surface area (Å²) < 4.78 is 41.2. The van der Waals surface area contributed by atoms with Crippen LogP contribution in [0.4, 0.5) is 30.2 Å². The highest BCUT2D eigenvalue weighted by molar-refractivity contribution is 6.33. The van der Waals surface area contributed by atoms with Gasteiger partial charge in [-0.1, -0.05) is 18.5 Å². The summed E-state index contributed by atoms with van der Waals surface area (Å²) in [5.41, 5.74) is 0.913. The minimum absolute atomic E-state index is 0.00848. The number of fused-ring (bicyclic) bond motifs is 2. The zero-order valence-electron chi connectivity index (χ0n) is 27.2. The number of nitrogens with one attached hydrogen (secondary N) is 1. The molecule has 258 valence electrons. The summed E-state index contributed by atoms with van der Waals surface area (Å²) in [6.07, 6.45) is -0.0371. The summed E-state index contributed by atoms with van der Waals surface area (Å²) in [5.74, 6) is -1.26. The fraction of sp³-hybridized carbons (Fsp3) is 0.394. The molecule has 1 saturated carbocycles. The number of carbonyl (C=O) groups excluding carboxylic acids is 2. The number of anilines is 3. The lowest BCUT2D eigenvalue weighted by atomic mass is 9.81. The number of alkyl halides is 3. The average molecular weight is 699 g/mol. The standard InChI is InChI=1S/C33H34ClF3N8O4/c1-5-23-28(43-10-11-44(25-9-8-24(25)43)32(49)27-29(47)17(2)39-16-40-27)30(48)20-13-19(42(3)4)14-38-31(20)45(23)15-26(46)41-22-7-6-18(12-21(22)34)33(35,36)37/h6-7,12-14,16,24-25,47H,5,8-11,15H2,1-4H3,(H,41,46)/t24-,25-/m0/s1. The summed E-state index contributed by atoms with van der Waals surface area (Å²) in [5, 5.41) is 13.1. The van der Waals surface area contributed by atoms with E-state index in [1.165, 1.54) is 6.33 Å². The van der Waals surface area contributed by atoms with Gasteiger partial charge in [0.2, 0.25) is 11.3 Å². The zero-order chi connectivity index (χ0) is 35.4. The lowest BCUT2D eigenvalue weighted by Crippen LogP contribution is -2.67. The van der Waals surface area contributed by atoms with Crippen LogP contribution in [0.25, 0.3) is 11.0 Å². The van der Waals surface area contributed by atoms with Crippen molar-refractivity contribution in [1.29, 1.82) is 0 Å². The van der Waals surface area contributed by atoms with Gasteiger partial charge in [0.25, 0.3) is 5.91 Å². The molecule has 1 aliphatic heterocycles. The molecule has 1 aromatic carbocycles. The summed E-state index contributed by atoms with van der Waals surface area (Å²) in [6, 6.07) is 3.94. The largest absolute Gasteiger partial charge is 0.504 e. The Morgan fingerprint density at radius 1 is 1.10 bits per heavy atom. The van der Waals surface area contributed by atoms with E-state index in [2.05, 4.69) is 20.3 Å². The van der Waals surface area contributed by atoms with Crippen LogP contribution in [-0.2, 0) is 23.9 Å². The monoisotopic (exact) mass is 698 g/mol. The first kappa shape index (κ1) is 34.0. The van der Waals surface area contributed by atoms with E-state index in [1.807, 2.05) is 25.9 Å². The molecular formula is C33H34ClF3N8O4. The predicted octanol–water partition coefficient (Wildman–Crippen LogP) is 4.63. The van der Waals surface area contributed by atoms with Crippen LogP contribution in [0.3, 0.4) is 0 Å². The molecule has 2 aliphatic rings. The quantitative estimate of drug-likeness (QED) is 0.283. The van der Waals surface area contributed by atoms with Crippen molar-refractivity contribution in [3.8, 4) is 5.75 Å². The minimum atomic E-state index is -4.60. The van der Waals surface area contributed by atoms with Gasteiger partial charge < -0.3 is 29.7 Å². The number of aromatic hydroxyl groups is 1. The molecule has 2 atom stereocenters. The van der Waals surface area contributed by atoms with Crippen molar-refractivity contribution in [3.05, 3.63) is 74.7 Å². The number of pyridine rings is 2. The first-order valence-electron chi connectivity index (χ1n) is 15.7. The van der Waals surface area contributed by atoms with Gasteiger partial charge in [-0.2, -0.15) is 13.2 Å². The fourth-order valence-electron chi connectivity index (χ4n) is 6.57. The fourth-order valence-corrected chi connectivity index (χ4v) is 6.79. The molecule has 16 heteroatoms. The molecule has 1 saturated heterocycles. The van der Waals surface area contributed by atoms with Crippen molar-refractivity contribution < 1.29 is 27.9 Å². The second-order valence-electron chi connectivity index (χ2n) is 12.3. The molecule has 6 rings (SSSR count). The first-order valence-corrected chi connectivity index (χ1v) is 16.1. The highest BCUT2D eigenvalue weighted by atomic mass is 35.5. The number of piperazine rings is 1. The molecular weight excluding hydrogens is 665 g/mol. The van der Waals surface area contributed by atoms with Gasteiger partial charge in [0.05, 0.1) is 45.3 Å². The lowest BCUT2D eigenvalue weighted by molar-refractivity contribution is -0.137. The second-order valence-corrected chi connectivity index (χ2v) is 12.7. The van der Waals surface area contributed by atoms with Crippen LogP contribution in [0, 0.1) is 6.92 Å². The van der Waals surface area contributed by atoms with Gasteiger partial charge in [-0.3, -0.25) is 14.4 Å². The number of benzene rings is 1. The number of hydrogen-bond acceptors (Lipinski definition) is 9. The highest BCUT2D eigenvalue weighted by Gasteiger charge is 2.47. The normalized spacial score (nSPS) is 17.5. The van der Waals surface area contributed by atoms with Gasteiger partial charge in [0, 0.05) is 38.9 Å². The number of aryl methyl sites for hydroxylation is 1. The summed E-state index contributed by atoms with van der Waals surface area (Å²) in [7, 11) is 3.63. The van der Waals surface area contributed by atoms with Crippen LogP contribution in [0.2, 0.25) is 5.02 Å². The number of amides is 2.